The van der Waals surface area contributed by atoms with Crippen molar-refractivity contribution in [1.29, 1.82) is 0 Å². The Morgan fingerprint density at radius 3 is 2.87 bits per heavy atom. The van der Waals surface area contributed by atoms with Crippen molar-refractivity contribution in [2.45, 2.75) is 31.8 Å². The fourth-order valence-electron chi connectivity index (χ4n) is 3.77. The van der Waals surface area contributed by atoms with Gasteiger partial charge in [0.1, 0.15) is 0 Å². The molecule has 2 amide bonds. The van der Waals surface area contributed by atoms with Crippen LogP contribution in [0.1, 0.15) is 28.8 Å². The van der Waals surface area contributed by atoms with Crippen LogP contribution in [0.2, 0.25) is 0 Å². The van der Waals surface area contributed by atoms with Crippen LogP contribution in [0.3, 0.4) is 0 Å². The van der Waals surface area contributed by atoms with Gasteiger partial charge in [-0.15, -0.1) is 0 Å². The second-order valence-electron chi connectivity index (χ2n) is 6.24. The van der Waals surface area contributed by atoms with E-state index >= 15 is 0 Å². The van der Waals surface area contributed by atoms with Crippen molar-refractivity contribution in [3.05, 3.63) is 52.2 Å². The standard InChI is InChI=1S/C18H18N2O2S/c1-12-3-2-4-13(9-12)18(22)19-7-5-15-16(19)10-17(21)20(15)14-6-8-23-11-14/h2-4,6,8-9,11,15-16H,5,7,10H2,1H3/t15-,16+/m1/s1. The highest BCUT2D eigenvalue weighted by atomic mass is 32.1. The van der Waals surface area contributed by atoms with Crippen molar-refractivity contribution in [2.24, 2.45) is 0 Å². The summed E-state index contributed by atoms with van der Waals surface area (Å²) in [5.74, 6) is 0.168. The maximum absolute atomic E-state index is 12.8. The monoisotopic (exact) mass is 326 g/mol. The first-order valence-electron chi connectivity index (χ1n) is 7.87. The lowest BCUT2D eigenvalue weighted by molar-refractivity contribution is -0.117. The number of carbonyl (C=O) groups excluding carboxylic acids is 2. The molecule has 118 valence electrons. The van der Waals surface area contributed by atoms with Gasteiger partial charge in [0.15, 0.2) is 0 Å². The molecule has 1 aromatic carbocycles. The van der Waals surface area contributed by atoms with Crippen LogP contribution < -0.4 is 4.90 Å². The van der Waals surface area contributed by atoms with Gasteiger partial charge in [-0.05, 0) is 36.9 Å². The summed E-state index contributed by atoms with van der Waals surface area (Å²) in [7, 11) is 0. The summed E-state index contributed by atoms with van der Waals surface area (Å²) >= 11 is 1.59. The first kappa shape index (κ1) is 14.5. The van der Waals surface area contributed by atoms with E-state index in [1.807, 2.05) is 57.8 Å². The Labute approximate surface area is 139 Å². The summed E-state index contributed by atoms with van der Waals surface area (Å²) in [6.07, 6.45) is 1.28. The number of carbonyl (C=O) groups is 2. The van der Waals surface area contributed by atoms with Crippen LogP contribution in [0.5, 0.6) is 0 Å². The smallest absolute Gasteiger partial charge is 0.254 e. The molecule has 2 saturated heterocycles. The average Bonchev–Trinajstić information content (AvgIpc) is 3.23. The summed E-state index contributed by atoms with van der Waals surface area (Å²) in [5.41, 5.74) is 2.76. The van der Waals surface area contributed by atoms with Crippen LogP contribution in [0, 0.1) is 6.92 Å². The fourth-order valence-corrected chi connectivity index (χ4v) is 4.40. The van der Waals surface area contributed by atoms with Crippen molar-refractivity contribution < 1.29 is 9.59 Å². The van der Waals surface area contributed by atoms with Crippen LogP contribution in [0.4, 0.5) is 5.69 Å². The Hall–Kier alpha value is -2.14. The molecular formula is C18H18N2O2S. The van der Waals surface area contributed by atoms with E-state index in [1.54, 1.807) is 11.3 Å². The van der Waals surface area contributed by atoms with Gasteiger partial charge >= 0.3 is 0 Å². The van der Waals surface area contributed by atoms with Gasteiger partial charge in [-0.25, -0.2) is 0 Å². The molecule has 2 aromatic rings. The molecule has 2 fully saturated rings. The number of fused-ring (bicyclic) bond motifs is 1. The Morgan fingerprint density at radius 2 is 2.13 bits per heavy atom. The van der Waals surface area contributed by atoms with Crippen LogP contribution in [-0.2, 0) is 4.79 Å². The zero-order chi connectivity index (χ0) is 16.0. The second-order valence-corrected chi connectivity index (χ2v) is 7.02. The number of hydrogen-bond acceptors (Lipinski definition) is 3. The predicted molar refractivity (Wildman–Crippen MR) is 90.8 cm³/mol. The predicted octanol–water partition coefficient (Wildman–Crippen LogP) is 3.08. The molecule has 2 aliphatic heterocycles. The highest BCUT2D eigenvalue weighted by molar-refractivity contribution is 7.08. The number of anilines is 1. The fraction of sp³-hybridized carbons (Fsp3) is 0.333. The summed E-state index contributed by atoms with van der Waals surface area (Å²) in [5, 5.41) is 3.99. The summed E-state index contributed by atoms with van der Waals surface area (Å²) in [6, 6.07) is 9.77. The van der Waals surface area contributed by atoms with E-state index in [1.165, 1.54) is 0 Å². The van der Waals surface area contributed by atoms with Gasteiger partial charge in [0, 0.05) is 23.9 Å². The van der Waals surface area contributed by atoms with Crippen molar-refractivity contribution >= 4 is 28.8 Å². The zero-order valence-corrected chi connectivity index (χ0v) is 13.8. The lowest BCUT2D eigenvalue weighted by Crippen LogP contribution is -2.39. The van der Waals surface area contributed by atoms with E-state index in [9.17, 15) is 9.59 Å². The van der Waals surface area contributed by atoms with E-state index in [-0.39, 0.29) is 23.9 Å². The minimum atomic E-state index is -0.00425. The van der Waals surface area contributed by atoms with Crippen molar-refractivity contribution in [1.82, 2.24) is 4.90 Å². The molecule has 4 rings (SSSR count). The van der Waals surface area contributed by atoms with Crippen molar-refractivity contribution in [3.63, 3.8) is 0 Å². The number of nitrogens with zero attached hydrogens (tertiary/aromatic N) is 2. The van der Waals surface area contributed by atoms with Gasteiger partial charge in [-0.3, -0.25) is 9.59 Å². The Kier molecular flexibility index (Phi) is 3.45. The third-order valence-electron chi connectivity index (χ3n) is 4.80. The molecule has 0 radical (unpaired) electrons. The summed E-state index contributed by atoms with van der Waals surface area (Å²) < 4.78 is 0. The molecule has 0 saturated carbocycles. The topological polar surface area (TPSA) is 40.6 Å². The number of amides is 2. The minimum Gasteiger partial charge on any atom is -0.333 e. The van der Waals surface area contributed by atoms with Crippen molar-refractivity contribution in [2.75, 3.05) is 11.4 Å². The number of thiophene rings is 1. The number of likely N-dealkylation sites (tertiary alicyclic amines) is 1. The van der Waals surface area contributed by atoms with Gasteiger partial charge in [0.25, 0.3) is 5.91 Å². The van der Waals surface area contributed by atoms with Crippen LogP contribution in [0.15, 0.2) is 41.1 Å². The SMILES string of the molecule is Cc1cccc(C(=O)N2CC[C@@H]3[C@@H]2CC(=O)N3c2ccsc2)c1. The van der Waals surface area contributed by atoms with Gasteiger partial charge in [0.05, 0.1) is 17.8 Å². The van der Waals surface area contributed by atoms with Crippen LogP contribution in [0.25, 0.3) is 0 Å². The molecule has 2 aliphatic rings. The molecule has 5 heteroatoms. The number of hydrogen-bond donors (Lipinski definition) is 0. The highest BCUT2D eigenvalue weighted by Gasteiger charge is 2.49. The first-order chi connectivity index (χ1) is 11.1. The lowest BCUT2D eigenvalue weighted by Gasteiger charge is -2.25. The largest absolute Gasteiger partial charge is 0.333 e. The molecule has 0 spiro atoms. The lowest BCUT2D eigenvalue weighted by atomic mass is 10.1. The Morgan fingerprint density at radius 1 is 1.26 bits per heavy atom. The summed E-state index contributed by atoms with van der Waals surface area (Å²) in [6.45, 7) is 2.71. The average molecular weight is 326 g/mol. The van der Waals surface area contributed by atoms with Gasteiger partial charge in [-0.1, -0.05) is 17.7 Å². The molecule has 2 atom stereocenters. The maximum Gasteiger partial charge on any atom is 0.254 e. The third-order valence-corrected chi connectivity index (χ3v) is 5.48. The number of rotatable bonds is 2. The molecule has 4 nitrogen and oxygen atoms in total. The molecule has 23 heavy (non-hydrogen) atoms. The normalized spacial score (nSPS) is 23.4. The highest BCUT2D eigenvalue weighted by Crippen LogP contribution is 2.37. The molecule has 0 N–H and O–H groups in total. The summed E-state index contributed by atoms with van der Waals surface area (Å²) in [4.78, 5) is 29.1. The molecule has 0 unspecified atom stereocenters. The Bertz CT molecular complexity index is 756. The number of aryl methyl sites for hydroxylation is 1. The third kappa shape index (κ3) is 2.36. The molecule has 3 heterocycles. The van der Waals surface area contributed by atoms with Crippen LogP contribution >= 0.6 is 11.3 Å². The van der Waals surface area contributed by atoms with E-state index in [2.05, 4.69) is 0 Å². The van der Waals surface area contributed by atoms with Gasteiger partial charge in [0.2, 0.25) is 5.91 Å². The molecule has 0 bridgehead atoms. The van der Waals surface area contributed by atoms with E-state index in [0.717, 1.165) is 24.2 Å². The zero-order valence-electron chi connectivity index (χ0n) is 12.9. The quantitative estimate of drug-likeness (QED) is 0.851. The minimum absolute atomic E-state index is 0.00425. The molecule has 0 aliphatic carbocycles. The van der Waals surface area contributed by atoms with Crippen LogP contribution in [-0.4, -0.2) is 35.3 Å². The van der Waals surface area contributed by atoms with Gasteiger partial charge < -0.3 is 9.80 Å². The van der Waals surface area contributed by atoms with Gasteiger partial charge in [-0.2, -0.15) is 11.3 Å². The molecular weight excluding hydrogens is 308 g/mol. The van der Waals surface area contributed by atoms with E-state index in [4.69, 9.17) is 0 Å². The van der Waals surface area contributed by atoms with E-state index in [0.29, 0.717) is 12.0 Å². The van der Waals surface area contributed by atoms with E-state index < -0.39 is 0 Å². The van der Waals surface area contributed by atoms with Crippen molar-refractivity contribution in [3.8, 4) is 0 Å². The number of benzene rings is 1. The maximum atomic E-state index is 12.8. The molecule has 1 aromatic heterocycles. The Balaban J connectivity index is 1.60. The second kappa shape index (κ2) is 5.49. The first-order valence-corrected chi connectivity index (χ1v) is 8.81.